The SMILES string of the molecule is C=CCCN(c1cccnc1Br)S(=O)(=O)c1ccccc1. The number of sulfonamides is 1. The average molecular weight is 367 g/mol. The summed E-state index contributed by atoms with van der Waals surface area (Å²) in [5.41, 5.74) is 0.517. The van der Waals surface area contributed by atoms with E-state index >= 15 is 0 Å². The molecule has 0 amide bonds. The maximum atomic E-state index is 12.8. The van der Waals surface area contributed by atoms with E-state index in [0.717, 1.165) is 0 Å². The minimum absolute atomic E-state index is 0.254. The molecule has 1 aromatic heterocycles. The van der Waals surface area contributed by atoms with E-state index in [1.165, 1.54) is 4.31 Å². The molecular formula is C15H15BrN2O2S. The zero-order chi connectivity index (χ0) is 15.3. The molecule has 0 aliphatic rings. The predicted octanol–water partition coefficient (Wildman–Crippen LogP) is 3.62. The number of anilines is 1. The zero-order valence-corrected chi connectivity index (χ0v) is 13.7. The summed E-state index contributed by atoms with van der Waals surface area (Å²) in [4.78, 5) is 4.35. The van der Waals surface area contributed by atoms with Gasteiger partial charge in [0.15, 0.2) is 0 Å². The Bertz CT molecular complexity index is 717. The Morgan fingerprint density at radius 2 is 1.90 bits per heavy atom. The Morgan fingerprint density at radius 1 is 1.19 bits per heavy atom. The van der Waals surface area contributed by atoms with Gasteiger partial charge in [-0.25, -0.2) is 13.4 Å². The van der Waals surface area contributed by atoms with Gasteiger partial charge in [-0.3, -0.25) is 4.31 Å². The van der Waals surface area contributed by atoms with Crippen LogP contribution in [0, 0.1) is 0 Å². The molecule has 0 spiro atoms. The van der Waals surface area contributed by atoms with E-state index in [4.69, 9.17) is 0 Å². The molecule has 6 heteroatoms. The molecule has 0 unspecified atom stereocenters. The molecule has 0 aliphatic heterocycles. The second kappa shape index (κ2) is 6.87. The summed E-state index contributed by atoms with van der Waals surface area (Å²) in [5.74, 6) is 0. The lowest BCUT2D eigenvalue weighted by molar-refractivity contribution is 0.590. The van der Waals surface area contributed by atoms with E-state index < -0.39 is 10.0 Å². The van der Waals surface area contributed by atoms with Gasteiger partial charge in [-0.15, -0.1) is 6.58 Å². The molecule has 0 radical (unpaired) electrons. The number of benzene rings is 1. The van der Waals surface area contributed by atoms with Crippen molar-refractivity contribution in [1.29, 1.82) is 0 Å². The highest BCUT2D eigenvalue weighted by atomic mass is 79.9. The zero-order valence-electron chi connectivity index (χ0n) is 11.3. The van der Waals surface area contributed by atoms with Gasteiger partial charge in [-0.05, 0) is 46.6 Å². The molecule has 0 bridgehead atoms. The fourth-order valence-electron chi connectivity index (χ4n) is 1.86. The van der Waals surface area contributed by atoms with Gasteiger partial charge in [-0.2, -0.15) is 0 Å². The van der Waals surface area contributed by atoms with Crippen molar-refractivity contribution in [2.24, 2.45) is 0 Å². The van der Waals surface area contributed by atoms with Crippen molar-refractivity contribution in [3.05, 3.63) is 65.9 Å². The van der Waals surface area contributed by atoms with Crippen molar-refractivity contribution in [3.8, 4) is 0 Å². The lowest BCUT2D eigenvalue weighted by Gasteiger charge is -2.24. The molecule has 0 saturated carbocycles. The van der Waals surface area contributed by atoms with E-state index in [0.29, 0.717) is 23.3 Å². The lowest BCUT2D eigenvalue weighted by atomic mass is 10.4. The second-order valence-electron chi connectivity index (χ2n) is 4.28. The van der Waals surface area contributed by atoms with Crippen molar-refractivity contribution in [1.82, 2.24) is 4.98 Å². The van der Waals surface area contributed by atoms with Crippen LogP contribution in [-0.4, -0.2) is 19.9 Å². The molecule has 0 N–H and O–H groups in total. The molecule has 2 rings (SSSR count). The minimum Gasteiger partial charge on any atom is -0.263 e. The summed E-state index contributed by atoms with van der Waals surface area (Å²) < 4.78 is 27.5. The maximum Gasteiger partial charge on any atom is 0.264 e. The van der Waals surface area contributed by atoms with Crippen LogP contribution in [0.3, 0.4) is 0 Å². The fraction of sp³-hybridized carbons (Fsp3) is 0.133. The van der Waals surface area contributed by atoms with Crippen molar-refractivity contribution < 1.29 is 8.42 Å². The lowest BCUT2D eigenvalue weighted by Crippen LogP contribution is -2.32. The third kappa shape index (κ3) is 3.51. The summed E-state index contributed by atoms with van der Waals surface area (Å²) in [6, 6.07) is 11.8. The normalized spacial score (nSPS) is 11.1. The number of rotatable bonds is 6. The number of hydrogen-bond donors (Lipinski definition) is 0. The van der Waals surface area contributed by atoms with Crippen LogP contribution in [0.25, 0.3) is 0 Å². The van der Waals surface area contributed by atoms with E-state index in [1.807, 2.05) is 0 Å². The summed E-state index contributed by atoms with van der Waals surface area (Å²) in [7, 11) is -3.63. The third-order valence-corrected chi connectivity index (χ3v) is 5.31. The van der Waals surface area contributed by atoms with Crippen molar-refractivity contribution in [2.45, 2.75) is 11.3 Å². The Labute approximate surface area is 133 Å². The van der Waals surface area contributed by atoms with Crippen LogP contribution in [-0.2, 0) is 10.0 Å². The Kier molecular flexibility index (Phi) is 5.14. The Hall–Kier alpha value is -1.66. The fourth-order valence-corrected chi connectivity index (χ4v) is 3.95. The first-order chi connectivity index (χ1) is 10.1. The van der Waals surface area contributed by atoms with E-state index in [-0.39, 0.29) is 4.90 Å². The molecule has 0 aliphatic carbocycles. The van der Waals surface area contributed by atoms with Crippen LogP contribution >= 0.6 is 15.9 Å². The number of nitrogens with zero attached hydrogens (tertiary/aromatic N) is 2. The van der Waals surface area contributed by atoms with Crippen LogP contribution < -0.4 is 4.31 Å². The summed E-state index contributed by atoms with van der Waals surface area (Å²) in [6.07, 6.45) is 3.85. The van der Waals surface area contributed by atoms with Gasteiger partial charge in [0, 0.05) is 12.7 Å². The van der Waals surface area contributed by atoms with Crippen LogP contribution in [0.2, 0.25) is 0 Å². The Balaban J connectivity index is 2.51. The Morgan fingerprint density at radius 3 is 2.52 bits per heavy atom. The highest BCUT2D eigenvalue weighted by molar-refractivity contribution is 9.10. The van der Waals surface area contributed by atoms with Gasteiger partial charge < -0.3 is 0 Å². The topological polar surface area (TPSA) is 50.3 Å². The number of pyridine rings is 1. The summed E-state index contributed by atoms with van der Waals surface area (Å²) >= 11 is 3.31. The number of hydrogen-bond acceptors (Lipinski definition) is 3. The highest BCUT2D eigenvalue weighted by Crippen LogP contribution is 2.29. The maximum absolute atomic E-state index is 12.8. The largest absolute Gasteiger partial charge is 0.264 e. The standard InChI is InChI=1S/C15H15BrN2O2S/c1-2-3-12-18(14-10-7-11-17-15(14)16)21(19,20)13-8-5-4-6-9-13/h2,4-11H,1,3,12H2. The monoisotopic (exact) mass is 366 g/mol. The van der Waals surface area contributed by atoms with Gasteiger partial charge in [0.1, 0.15) is 4.60 Å². The van der Waals surface area contributed by atoms with Gasteiger partial charge in [0.05, 0.1) is 10.6 Å². The van der Waals surface area contributed by atoms with Crippen LogP contribution in [0.5, 0.6) is 0 Å². The first-order valence-electron chi connectivity index (χ1n) is 6.36. The molecule has 1 aromatic carbocycles. The van der Waals surface area contributed by atoms with Crippen LogP contribution in [0.4, 0.5) is 5.69 Å². The number of aromatic nitrogens is 1. The van der Waals surface area contributed by atoms with Crippen LogP contribution in [0.1, 0.15) is 6.42 Å². The molecule has 1 heterocycles. The van der Waals surface area contributed by atoms with Gasteiger partial charge in [0.2, 0.25) is 0 Å². The average Bonchev–Trinajstić information content (AvgIpc) is 2.50. The van der Waals surface area contributed by atoms with Gasteiger partial charge >= 0.3 is 0 Å². The molecule has 4 nitrogen and oxygen atoms in total. The molecule has 0 atom stereocenters. The molecule has 21 heavy (non-hydrogen) atoms. The molecule has 110 valence electrons. The first kappa shape index (κ1) is 15.7. The van der Waals surface area contributed by atoms with E-state index in [9.17, 15) is 8.42 Å². The van der Waals surface area contributed by atoms with Crippen molar-refractivity contribution >= 4 is 31.6 Å². The first-order valence-corrected chi connectivity index (χ1v) is 8.60. The second-order valence-corrected chi connectivity index (χ2v) is 6.89. The molecule has 2 aromatic rings. The van der Waals surface area contributed by atoms with Crippen molar-refractivity contribution in [2.75, 3.05) is 10.8 Å². The highest BCUT2D eigenvalue weighted by Gasteiger charge is 2.25. The van der Waals surface area contributed by atoms with E-state index in [1.54, 1.807) is 54.7 Å². The predicted molar refractivity (Wildman–Crippen MR) is 87.7 cm³/mol. The number of halogens is 1. The van der Waals surface area contributed by atoms with Gasteiger partial charge in [-0.1, -0.05) is 24.3 Å². The van der Waals surface area contributed by atoms with Crippen molar-refractivity contribution in [3.63, 3.8) is 0 Å². The molecular weight excluding hydrogens is 352 g/mol. The smallest absolute Gasteiger partial charge is 0.263 e. The van der Waals surface area contributed by atoms with E-state index in [2.05, 4.69) is 27.5 Å². The van der Waals surface area contributed by atoms with Gasteiger partial charge in [0.25, 0.3) is 10.0 Å². The summed E-state index contributed by atoms with van der Waals surface area (Å²) in [5, 5.41) is 0. The summed E-state index contributed by atoms with van der Waals surface area (Å²) in [6.45, 7) is 3.97. The third-order valence-electron chi connectivity index (χ3n) is 2.88. The minimum atomic E-state index is -3.63. The molecule has 0 fully saturated rings. The molecule has 0 saturated heterocycles. The van der Waals surface area contributed by atoms with Crippen LogP contribution in [0.15, 0.2) is 70.8 Å². The quantitative estimate of drug-likeness (QED) is 0.579.